The maximum absolute atomic E-state index is 4.25. The maximum Gasteiger partial charge on any atom is 0.0441 e. The standard InChI is InChI=1S/C14H14N/c1-2-7-13(8-3-1)9-6-11-14-10-4-5-12-15-14/h1-5,7-8,10-12H,6,9H2. The Morgan fingerprint density at radius 3 is 2.47 bits per heavy atom. The van der Waals surface area contributed by atoms with Gasteiger partial charge in [-0.3, -0.25) is 4.98 Å². The Labute approximate surface area is 90.8 Å². The minimum atomic E-state index is 1.04. The third-order valence-electron chi connectivity index (χ3n) is 2.32. The average molecular weight is 196 g/mol. The molecule has 1 heteroatoms. The van der Waals surface area contributed by atoms with E-state index in [4.69, 9.17) is 0 Å². The first-order chi connectivity index (χ1) is 7.45. The van der Waals surface area contributed by atoms with E-state index in [0.29, 0.717) is 0 Å². The van der Waals surface area contributed by atoms with E-state index in [1.807, 2.05) is 30.5 Å². The van der Waals surface area contributed by atoms with E-state index in [1.165, 1.54) is 5.56 Å². The zero-order chi connectivity index (χ0) is 10.3. The highest BCUT2D eigenvalue weighted by atomic mass is 14.7. The summed E-state index contributed by atoms with van der Waals surface area (Å²) in [6.45, 7) is 0. The summed E-state index contributed by atoms with van der Waals surface area (Å²) in [6.07, 6.45) is 6.12. The number of nitrogens with zero attached hydrogens (tertiary/aromatic N) is 1. The van der Waals surface area contributed by atoms with Crippen molar-refractivity contribution in [2.45, 2.75) is 12.8 Å². The summed E-state index contributed by atoms with van der Waals surface area (Å²) in [7, 11) is 0. The largest absolute Gasteiger partial charge is 0.261 e. The molecule has 0 spiro atoms. The number of benzene rings is 1. The average Bonchev–Trinajstić information content (AvgIpc) is 2.32. The van der Waals surface area contributed by atoms with Crippen molar-refractivity contribution in [1.29, 1.82) is 0 Å². The van der Waals surface area contributed by atoms with Crippen molar-refractivity contribution in [3.8, 4) is 0 Å². The van der Waals surface area contributed by atoms with Crippen LogP contribution in [0.15, 0.2) is 54.7 Å². The van der Waals surface area contributed by atoms with Gasteiger partial charge in [0.25, 0.3) is 0 Å². The third kappa shape index (κ3) is 3.21. The molecule has 0 aliphatic carbocycles. The smallest absolute Gasteiger partial charge is 0.0441 e. The van der Waals surface area contributed by atoms with Gasteiger partial charge in [-0.2, -0.15) is 0 Å². The molecular formula is C14H14N. The predicted molar refractivity (Wildman–Crippen MR) is 62.4 cm³/mol. The number of aryl methyl sites for hydroxylation is 1. The molecule has 0 atom stereocenters. The summed E-state index contributed by atoms with van der Waals surface area (Å²) in [4.78, 5) is 4.25. The van der Waals surface area contributed by atoms with Gasteiger partial charge < -0.3 is 0 Å². The number of pyridine rings is 1. The number of aromatic nitrogens is 1. The Hall–Kier alpha value is -1.63. The number of hydrogen-bond donors (Lipinski definition) is 0. The van der Waals surface area contributed by atoms with Gasteiger partial charge in [-0.25, -0.2) is 0 Å². The second-order valence-electron chi connectivity index (χ2n) is 3.48. The second-order valence-corrected chi connectivity index (χ2v) is 3.48. The van der Waals surface area contributed by atoms with Crippen LogP contribution < -0.4 is 0 Å². The van der Waals surface area contributed by atoms with Gasteiger partial charge in [0.15, 0.2) is 0 Å². The molecule has 0 amide bonds. The minimum Gasteiger partial charge on any atom is -0.261 e. The van der Waals surface area contributed by atoms with Gasteiger partial charge >= 0.3 is 0 Å². The number of rotatable bonds is 4. The van der Waals surface area contributed by atoms with Crippen LogP contribution in [0, 0.1) is 6.42 Å². The topological polar surface area (TPSA) is 12.9 Å². The van der Waals surface area contributed by atoms with Crippen molar-refractivity contribution in [2.75, 3.05) is 0 Å². The van der Waals surface area contributed by atoms with Gasteiger partial charge in [0.05, 0.1) is 0 Å². The van der Waals surface area contributed by atoms with E-state index in [9.17, 15) is 0 Å². The molecule has 1 nitrogen and oxygen atoms in total. The van der Waals surface area contributed by atoms with Crippen LogP contribution in [0.5, 0.6) is 0 Å². The van der Waals surface area contributed by atoms with Crippen LogP contribution in [0.3, 0.4) is 0 Å². The molecule has 0 unspecified atom stereocenters. The molecular weight excluding hydrogens is 182 g/mol. The summed E-state index contributed by atoms with van der Waals surface area (Å²) < 4.78 is 0. The van der Waals surface area contributed by atoms with Gasteiger partial charge in [-0.1, -0.05) is 36.4 Å². The van der Waals surface area contributed by atoms with Gasteiger partial charge in [0.2, 0.25) is 0 Å². The molecule has 75 valence electrons. The van der Waals surface area contributed by atoms with Gasteiger partial charge in [0, 0.05) is 18.3 Å². The molecule has 0 N–H and O–H groups in total. The zero-order valence-electron chi connectivity index (χ0n) is 8.63. The zero-order valence-corrected chi connectivity index (χ0v) is 8.63. The molecule has 0 aliphatic heterocycles. The highest BCUT2D eigenvalue weighted by Crippen LogP contribution is 2.07. The van der Waals surface area contributed by atoms with Crippen molar-refractivity contribution >= 4 is 0 Å². The van der Waals surface area contributed by atoms with Crippen LogP contribution >= 0.6 is 0 Å². The molecule has 1 aromatic carbocycles. The first-order valence-electron chi connectivity index (χ1n) is 5.23. The minimum absolute atomic E-state index is 1.04. The summed E-state index contributed by atoms with van der Waals surface area (Å²) in [5.41, 5.74) is 2.44. The fourth-order valence-electron chi connectivity index (χ4n) is 1.53. The molecule has 1 aromatic heterocycles. The first kappa shape index (κ1) is 9.91. The lowest BCUT2D eigenvalue weighted by molar-refractivity contribution is 0.934. The van der Waals surface area contributed by atoms with Crippen LogP contribution in [-0.2, 0) is 6.42 Å². The molecule has 0 fully saturated rings. The Morgan fingerprint density at radius 1 is 0.933 bits per heavy atom. The second kappa shape index (κ2) is 5.30. The summed E-state index contributed by atoms with van der Waals surface area (Å²) >= 11 is 0. The van der Waals surface area contributed by atoms with Crippen LogP contribution in [0.2, 0.25) is 0 Å². The predicted octanol–water partition coefficient (Wildman–Crippen LogP) is 3.27. The Kier molecular flexibility index (Phi) is 3.50. The van der Waals surface area contributed by atoms with Gasteiger partial charge in [0.1, 0.15) is 0 Å². The SMILES string of the molecule is [CH](CCc1ccccc1)c1ccccn1. The highest BCUT2D eigenvalue weighted by molar-refractivity contribution is 5.17. The van der Waals surface area contributed by atoms with Crippen LogP contribution in [0.1, 0.15) is 17.7 Å². The summed E-state index contributed by atoms with van der Waals surface area (Å²) in [5.74, 6) is 0. The van der Waals surface area contributed by atoms with Crippen molar-refractivity contribution in [3.05, 3.63) is 72.4 Å². The summed E-state index contributed by atoms with van der Waals surface area (Å²) in [6, 6.07) is 16.5. The molecule has 0 saturated carbocycles. The monoisotopic (exact) mass is 196 g/mol. The molecule has 0 saturated heterocycles. The normalized spacial score (nSPS) is 10.1. The van der Waals surface area contributed by atoms with E-state index in [2.05, 4.69) is 35.7 Å². The van der Waals surface area contributed by atoms with E-state index in [1.54, 1.807) is 0 Å². The van der Waals surface area contributed by atoms with Gasteiger partial charge in [-0.15, -0.1) is 0 Å². The number of hydrogen-bond acceptors (Lipinski definition) is 1. The van der Waals surface area contributed by atoms with E-state index in [0.717, 1.165) is 18.5 Å². The molecule has 1 radical (unpaired) electrons. The molecule has 0 aliphatic rings. The molecule has 2 aromatic rings. The Balaban J connectivity index is 1.81. The lowest BCUT2D eigenvalue weighted by Crippen LogP contribution is -1.89. The molecule has 2 rings (SSSR count). The Morgan fingerprint density at radius 2 is 1.73 bits per heavy atom. The first-order valence-corrected chi connectivity index (χ1v) is 5.23. The van der Waals surface area contributed by atoms with Crippen molar-refractivity contribution in [2.24, 2.45) is 0 Å². The lowest BCUT2D eigenvalue weighted by atomic mass is 10.1. The van der Waals surface area contributed by atoms with Crippen LogP contribution in [0.25, 0.3) is 0 Å². The van der Waals surface area contributed by atoms with Crippen LogP contribution in [0.4, 0.5) is 0 Å². The maximum atomic E-state index is 4.25. The molecule has 15 heavy (non-hydrogen) atoms. The van der Waals surface area contributed by atoms with E-state index >= 15 is 0 Å². The fourth-order valence-corrected chi connectivity index (χ4v) is 1.53. The lowest BCUT2D eigenvalue weighted by Gasteiger charge is -2.00. The van der Waals surface area contributed by atoms with Crippen molar-refractivity contribution in [3.63, 3.8) is 0 Å². The molecule has 0 bridgehead atoms. The summed E-state index contributed by atoms with van der Waals surface area (Å²) in [5, 5.41) is 0. The molecule has 1 heterocycles. The highest BCUT2D eigenvalue weighted by Gasteiger charge is 1.95. The quantitative estimate of drug-likeness (QED) is 0.731. The third-order valence-corrected chi connectivity index (χ3v) is 2.32. The van der Waals surface area contributed by atoms with Gasteiger partial charge in [-0.05, 0) is 30.5 Å². The van der Waals surface area contributed by atoms with Crippen molar-refractivity contribution in [1.82, 2.24) is 4.98 Å². The van der Waals surface area contributed by atoms with Crippen LogP contribution in [-0.4, -0.2) is 4.98 Å². The Bertz CT molecular complexity index is 341. The van der Waals surface area contributed by atoms with E-state index in [-0.39, 0.29) is 0 Å². The van der Waals surface area contributed by atoms with Crippen molar-refractivity contribution < 1.29 is 0 Å². The van der Waals surface area contributed by atoms with E-state index < -0.39 is 0 Å². The fraction of sp³-hybridized carbons (Fsp3) is 0.143.